The fourth-order valence-corrected chi connectivity index (χ4v) is 2.60. The number of phenolic OH excluding ortho intramolecular Hbond substituents is 1. The van der Waals surface area contributed by atoms with E-state index in [1.165, 1.54) is 6.08 Å². The fraction of sp³-hybridized carbons (Fsp3) is 0.417. The molecule has 0 aromatic heterocycles. The van der Waals surface area contributed by atoms with E-state index in [0.29, 0.717) is 12.8 Å². The normalized spacial score (nSPS) is 17.5. The van der Waals surface area contributed by atoms with E-state index in [1.807, 2.05) is 0 Å². The van der Waals surface area contributed by atoms with Crippen molar-refractivity contribution in [2.24, 2.45) is 4.99 Å². The van der Waals surface area contributed by atoms with Gasteiger partial charge in [-0.05, 0) is 18.9 Å². The molecule has 96 valence electrons. The third kappa shape index (κ3) is 1.89. The Morgan fingerprint density at radius 2 is 1.94 bits per heavy atom. The number of isocyanates is 1. The molecular formula is C12H10ClF2NO2. The Balaban J connectivity index is 2.66. The van der Waals surface area contributed by atoms with Gasteiger partial charge in [0.15, 0.2) is 11.6 Å². The summed E-state index contributed by atoms with van der Waals surface area (Å²) < 4.78 is 27.3. The van der Waals surface area contributed by atoms with Crippen molar-refractivity contribution in [3.05, 3.63) is 28.3 Å². The molecule has 0 radical (unpaired) electrons. The van der Waals surface area contributed by atoms with Crippen LogP contribution in [0.5, 0.6) is 5.75 Å². The molecule has 1 aromatic carbocycles. The van der Waals surface area contributed by atoms with Crippen LogP contribution in [-0.4, -0.2) is 11.2 Å². The number of halogens is 3. The molecule has 0 spiro atoms. The largest absolute Gasteiger partial charge is 0.504 e. The maximum Gasteiger partial charge on any atom is 0.235 e. The van der Waals surface area contributed by atoms with E-state index in [1.54, 1.807) is 0 Å². The summed E-state index contributed by atoms with van der Waals surface area (Å²) in [5, 5.41) is 8.92. The first-order chi connectivity index (χ1) is 8.52. The van der Waals surface area contributed by atoms with E-state index in [2.05, 4.69) is 4.99 Å². The average Bonchev–Trinajstić information content (AvgIpc) is 2.81. The predicted octanol–water partition coefficient (Wildman–Crippen LogP) is 3.43. The summed E-state index contributed by atoms with van der Waals surface area (Å²) in [6.07, 6.45) is 3.78. The number of rotatable bonds is 2. The fourth-order valence-electron chi connectivity index (χ4n) is 2.41. The number of hydrogen-bond acceptors (Lipinski definition) is 3. The van der Waals surface area contributed by atoms with Crippen LogP contribution in [0.15, 0.2) is 11.1 Å². The van der Waals surface area contributed by atoms with Gasteiger partial charge >= 0.3 is 0 Å². The molecule has 1 aliphatic carbocycles. The van der Waals surface area contributed by atoms with Gasteiger partial charge in [-0.1, -0.05) is 24.4 Å². The quantitative estimate of drug-likeness (QED) is 0.510. The molecule has 0 atom stereocenters. The number of benzene rings is 1. The summed E-state index contributed by atoms with van der Waals surface area (Å²) in [5.74, 6) is -3.55. The molecule has 1 saturated carbocycles. The Labute approximate surface area is 107 Å². The van der Waals surface area contributed by atoms with E-state index in [0.717, 1.165) is 18.9 Å². The smallest absolute Gasteiger partial charge is 0.235 e. The number of carbonyl (C=O) groups excluding carboxylic acids is 1. The highest BCUT2D eigenvalue weighted by atomic mass is 35.5. The maximum atomic E-state index is 13.9. The summed E-state index contributed by atoms with van der Waals surface area (Å²) in [5.41, 5.74) is -1.20. The predicted molar refractivity (Wildman–Crippen MR) is 61.3 cm³/mol. The molecule has 0 heterocycles. The minimum absolute atomic E-state index is 0.0938. The van der Waals surface area contributed by atoms with Crippen LogP contribution < -0.4 is 0 Å². The van der Waals surface area contributed by atoms with Gasteiger partial charge in [-0.3, -0.25) is 0 Å². The third-order valence-electron chi connectivity index (χ3n) is 3.33. The van der Waals surface area contributed by atoms with Gasteiger partial charge in [-0.15, -0.1) is 0 Å². The van der Waals surface area contributed by atoms with Gasteiger partial charge in [0.2, 0.25) is 11.9 Å². The van der Waals surface area contributed by atoms with E-state index in [9.17, 15) is 18.7 Å². The lowest BCUT2D eigenvalue weighted by atomic mass is 9.88. The lowest BCUT2D eigenvalue weighted by Crippen LogP contribution is -2.21. The Morgan fingerprint density at radius 3 is 2.50 bits per heavy atom. The molecule has 1 N–H and O–H groups in total. The monoisotopic (exact) mass is 273 g/mol. The minimum atomic E-state index is -1.41. The molecule has 3 nitrogen and oxygen atoms in total. The van der Waals surface area contributed by atoms with Gasteiger partial charge in [0.05, 0.1) is 5.02 Å². The highest BCUT2D eigenvalue weighted by molar-refractivity contribution is 6.32. The second kappa shape index (κ2) is 4.67. The van der Waals surface area contributed by atoms with Gasteiger partial charge in [-0.2, -0.15) is 9.38 Å². The van der Waals surface area contributed by atoms with E-state index >= 15 is 0 Å². The lowest BCUT2D eigenvalue weighted by Gasteiger charge is -2.24. The molecule has 6 heteroatoms. The summed E-state index contributed by atoms with van der Waals surface area (Å²) in [6.45, 7) is 0. The first kappa shape index (κ1) is 13.0. The minimum Gasteiger partial charge on any atom is -0.504 e. The molecule has 0 amide bonds. The first-order valence-corrected chi connectivity index (χ1v) is 5.85. The van der Waals surface area contributed by atoms with Crippen molar-refractivity contribution in [1.29, 1.82) is 0 Å². The van der Waals surface area contributed by atoms with Gasteiger partial charge in [0.1, 0.15) is 5.54 Å². The Bertz CT molecular complexity index is 535. The second-order valence-corrected chi connectivity index (χ2v) is 4.73. The van der Waals surface area contributed by atoms with Crippen LogP contribution >= 0.6 is 11.6 Å². The molecule has 2 rings (SSSR count). The van der Waals surface area contributed by atoms with E-state index in [4.69, 9.17) is 11.6 Å². The van der Waals surface area contributed by atoms with Crippen LogP contribution in [0, 0.1) is 11.6 Å². The molecule has 18 heavy (non-hydrogen) atoms. The van der Waals surface area contributed by atoms with Crippen molar-refractivity contribution in [3.63, 3.8) is 0 Å². The average molecular weight is 274 g/mol. The van der Waals surface area contributed by atoms with Crippen molar-refractivity contribution in [2.45, 2.75) is 31.2 Å². The molecule has 0 unspecified atom stereocenters. The molecule has 0 saturated heterocycles. The Kier molecular flexibility index (Phi) is 3.37. The topological polar surface area (TPSA) is 49.7 Å². The van der Waals surface area contributed by atoms with Crippen LogP contribution in [0.2, 0.25) is 5.02 Å². The van der Waals surface area contributed by atoms with Crippen molar-refractivity contribution in [1.82, 2.24) is 0 Å². The number of nitrogens with zero attached hydrogens (tertiary/aromatic N) is 1. The van der Waals surface area contributed by atoms with Crippen LogP contribution in [0.3, 0.4) is 0 Å². The van der Waals surface area contributed by atoms with E-state index < -0.39 is 22.9 Å². The standard InChI is InChI=1S/C12H10ClF2NO2/c13-8-5-7(9(14)10(15)11(8)18)12(16-6-17)3-1-2-4-12/h5,18H,1-4H2. The first-order valence-electron chi connectivity index (χ1n) is 5.48. The zero-order chi connectivity index (χ0) is 13.3. The van der Waals surface area contributed by atoms with Crippen molar-refractivity contribution >= 4 is 17.7 Å². The zero-order valence-corrected chi connectivity index (χ0v) is 10.1. The molecule has 0 bridgehead atoms. The van der Waals surface area contributed by atoms with Crippen molar-refractivity contribution in [2.75, 3.05) is 0 Å². The van der Waals surface area contributed by atoms with Gasteiger partial charge < -0.3 is 5.11 Å². The number of aliphatic imine (C=N–C) groups is 1. The number of aromatic hydroxyl groups is 1. The summed E-state index contributed by atoms with van der Waals surface area (Å²) in [4.78, 5) is 14.1. The van der Waals surface area contributed by atoms with Crippen LogP contribution in [0.1, 0.15) is 31.2 Å². The summed E-state index contributed by atoms with van der Waals surface area (Å²) in [7, 11) is 0. The second-order valence-electron chi connectivity index (χ2n) is 4.32. The highest BCUT2D eigenvalue weighted by Gasteiger charge is 2.39. The Hall–Kier alpha value is -1.45. The molecule has 1 fully saturated rings. The third-order valence-corrected chi connectivity index (χ3v) is 3.61. The van der Waals surface area contributed by atoms with Crippen molar-refractivity contribution < 1.29 is 18.7 Å². The Morgan fingerprint density at radius 1 is 1.33 bits per heavy atom. The van der Waals surface area contributed by atoms with E-state index in [-0.39, 0.29) is 10.6 Å². The van der Waals surface area contributed by atoms with Crippen LogP contribution in [-0.2, 0) is 10.3 Å². The molecular weight excluding hydrogens is 264 g/mol. The SMILES string of the molecule is O=C=NC1(c2cc(Cl)c(O)c(F)c2F)CCCC1. The van der Waals surface area contributed by atoms with Crippen LogP contribution in [0.4, 0.5) is 8.78 Å². The molecule has 1 aliphatic rings. The van der Waals surface area contributed by atoms with Gasteiger partial charge in [-0.25, -0.2) is 9.18 Å². The number of phenols is 1. The lowest BCUT2D eigenvalue weighted by molar-refractivity contribution is 0.380. The number of hydrogen-bond donors (Lipinski definition) is 1. The van der Waals surface area contributed by atoms with Gasteiger partial charge in [0.25, 0.3) is 0 Å². The zero-order valence-electron chi connectivity index (χ0n) is 9.34. The highest BCUT2D eigenvalue weighted by Crippen LogP contribution is 2.45. The van der Waals surface area contributed by atoms with Crippen molar-refractivity contribution in [3.8, 4) is 5.75 Å². The van der Waals surface area contributed by atoms with Gasteiger partial charge in [0, 0.05) is 5.56 Å². The maximum absolute atomic E-state index is 13.9. The molecule has 1 aromatic rings. The summed E-state index contributed by atoms with van der Waals surface area (Å²) in [6, 6.07) is 1.13. The van der Waals surface area contributed by atoms with Crippen LogP contribution in [0.25, 0.3) is 0 Å². The molecule has 0 aliphatic heterocycles. The summed E-state index contributed by atoms with van der Waals surface area (Å²) >= 11 is 5.63.